The molecule has 3 heterocycles. The predicted octanol–water partition coefficient (Wildman–Crippen LogP) is 4.47. The lowest BCUT2D eigenvalue weighted by Gasteiger charge is -2.34. The maximum atomic E-state index is 13.4. The van der Waals surface area contributed by atoms with E-state index in [4.69, 9.17) is 0 Å². The van der Waals surface area contributed by atoms with Gasteiger partial charge in [-0.3, -0.25) is 14.4 Å². The van der Waals surface area contributed by atoms with Crippen molar-refractivity contribution in [2.45, 2.75) is 16.4 Å². The molecular weight excluding hydrogens is 460 g/mol. The molecule has 3 aliphatic rings. The number of anilines is 1. The molecule has 0 spiro atoms. The van der Waals surface area contributed by atoms with Crippen LogP contribution in [-0.4, -0.2) is 32.6 Å². The van der Waals surface area contributed by atoms with Gasteiger partial charge < -0.3 is 0 Å². The minimum Gasteiger partial charge on any atom is -0.274 e. The summed E-state index contributed by atoms with van der Waals surface area (Å²) in [6, 6.07) is 16.8. The first kappa shape index (κ1) is 18.1. The van der Waals surface area contributed by atoms with Crippen molar-refractivity contribution in [1.82, 2.24) is 0 Å². The van der Waals surface area contributed by atoms with Gasteiger partial charge in [-0.05, 0) is 29.8 Å². The van der Waals surface area contributed by atoms with E-state index in [9.17, 15) is 14.4 Å². The average Bonchev–Trinajstić information content (AvgIpc) is 3.18. The van der Waals surface area contributed by atoms with Gasteiger partial charge in [0, 0.05) is 10.4 Å². The molecule has 5 rings (SSSR count). The standard InChI is InChI=1S/C20H13BrN2O3S2/c21-11-6-8-12(9-7-11)23-18(24)14-13(10-4-2-1-3-5-10)15-17(22-20(26)28-15)27-16(14)19(23)25/h1-9,13-16H. The number of imide groups is 1. The number of rotatable bonds is 2. The molecule has 140 valence electrons. The molecule has 0 N–H and O–H groups in total. The second kappa shape index (κ2) is 6.86. The summed E-state index contributed by atoms with van der Waals surface area (Å²) in [5, 5.41) is -0.382. The Labute approximate surface area is 178 Å². The van der Waals surface area contributed by atoms with Gasteiger partial charge in [-0.15, -0.1) is 0 Å². The third kappa shape index (κ3) is 2.77. The average molecular weight is 473 g/mol. The monoisotopic (exact) mass is 472 g/mol. The fraction of sp³-hybridized carbons (Fsp3) is 0.200. The zero-order valence-electron chi connectivity index (χ0n) is 14.3. The van der Waals surface area contributed by atoms with Crippen LogP contribution in [0.3, 0.4) is 0 Å². The fourth-order valence-electron chi connectivity index (χ4n) is 4.01. The van der Waals surface area contributed by atoms with Crippen molar-refractivity contribution in [3.8, 4) is 0 Å². The Kier molecular flexibility index (Phi) is 4.45. The first-order valence-electron chi connectivity index (χ1n) is 8.69. The van der Waals surface area contributed by atoms with E-state index in [2.05, 4.69) is 20.9 Å². The SMILES string of the molecule is O=C1N=C2SC3C(=O)N(c4ccc(Br)cc4)C(=O)C3C(c3ccccc3)C2S1. The summed E-state index contributed by atoms with van der Waals surface area (Å²) in [6.45, 7) is 0. The number of fused-ring (bicyclic) bond motifs is 2. The van der Waals surface area contributed by atoms with Crippen molar-refractivity contribution in [1.29, 1.82) is 0 Å². The van der Waals surface area contributed by atoms with E-state index < -0.39 is 11.2 Å². The Balaban J connectivity index is 1.61. The highest BCUT2D eigenvalue weighted by Gasteiger charge is 2.59. The quantitative estimate of drug-likeness (QED) is 0.603. The highest BCUT2D eigenvalue weighted by atomic mass is 79.9. The largest absolute Gasteiger partial charge is 0.306 e. The lowest BCUT2D eigenvalue weighted by molar-refractivity contribution is -0.122. The Hall–Kier alpha value is -1.90. The normalized spacial score (nSPS) is 29.0. The lowest BCUT2D eigenvalue weighted by atomic mass is 9.81. The van der Waals surface area contributed by atoms with Gasteiger partial charge in [0.2, 0.25) is 11.8 Å². The van der Waals surface area contributed by atoms with Crippen molar-refractivity contribution < 1.29 is 14.4 Å². The van der Waals surface area contributed by atoms with Gasteiger partial charge in [0.05, 0.1) is 21.9 Å². The van der Waals surface area contributed by atoms with Crippen LogP contribution in [0.5, 0.6) is 0 Å². The van der Waals surface area contributed by atoms with Crippen LogP contribution in [0.2, 0.25) is 0 Å². The van der Waals surface area contributed by atoms with Gasteiger partial charge in [-0.25, -0.2) is 9.89 Å². The number of amides is 3. The van der Waals surface area contributed by atoms with Crippen LogP contribution in [0.4, 0.5) is 10.5 Å². The smallest absolute Gasteiger partial charge is 0.274 e. The number of benzene rings is 2. The van der Waals surface area contributed by atoms with E-state index in [0.29, 0.717) is 10.7 Å². The number of hydrogen-bond donors (Lipinski definition) is 0. The van der Waals surface area contributed by atoms with E-state index >= 15 is 0 Å². The molecule has 2 aromatic carbocycles. The van der Waals surface area contributed by atoms with Crippen LogP contribution in [0.25, 0.3) is 0 Å². The van der Waals surface area contributed by atoms with Crippen LogP contribution in [0.15, 0.2) is 64.1 Å². The van der Waals surface area contributed by atoms with Crippen LogP contribution < -0.4 is 4.90 Å². The molecule has 28 heavy (non-hydrogen) atoms. The Bertz CT molecular complexity index is 1030. The van der Waals surface area contributed by atoms with E-state index in [0.717, 1.165) is 21.8 Å². The molecule has 0 saturated carbocycles. The third-order valence-electron chi connectivity index (χ3n) is 5.20. The molecular formula is C20H13BrN2O3S2. The summed E-state index contributed by atoms with van der Waals surface area (Å²) in [5.41, 5.74) is 1.52. The number of carbonyl (C=O) groups excluding carboxylic acids is 3. The van der Waals surface area contributed by atoms with Crippen molar-refractivity contribution in [2.24, 2.45) is 10.9 Å². The number of aliphatic imine (C=N–C) groups is 1. The van der Waals surface area contributed by atoms with Gasteiger partial charge in [-0.1, -0.05) is 69.8 Å². The molecule has 5 nitrogen and oxygen atoms in total. The molecule has 3 aliphatic heterocycles. The summed E-state index contributed by atoms with van der Waals surface area (Å²) in [4.78, 5) is 44.0. The molecule has 0 aliphatic carbocycles. The second-order valence-corrected chi connectivity index (χ2v) is 9.91. The minimum absolute atomic E-state index is 0.210. The minimum atomic E-state index is -0.567. The highest BCUT2D eigenvalue weighted by Crippen LogP contribution is 2.53. The topological polar surface area (TPSA) is 66.8 Å². The van der Waals surface area contributed by atoms with Crippen LogP contribution >= 0.6 is 39.5 Å². The Morgan fingerprint density at radius 2 is 1.54 bits per heavy atom. The zero-order valence-corrected chi connectivity index (χ0v) is 17.5. The molecule has 4 unspecified atom stereocenters. The summed E-state index contributed by atoms with van der Waals surface area (Å²) in [5.74, 6) is -1.24. The second-order valence-electron chi connectivity index (χ2n) is 6.74. The molecule has 4 atom stereocenters. The number of halogens is 1. The summed E-state index contributed by atoms with van der Waals surface area (Å²) in [7, 11) is 0. The van der Waals surface area contributed by atoms with Crippen molar-refractivity contribution >= 4 is 67.2 Å². The Morgan fingerprint density at radius 3 is 2.25 bits per heavy atom. The van der Waals surface area contributed by atoms with E-state index in [1.165, 1.54) is 16.7 Å². The number of hydrogen-bond acceptors (Lipinski definition) is 5. The fourth-order valence-corrected chi connectivity index (χ4v) is 6.96. The maximum absolute atomic E-state index is 13.4. The van der Waals surface area contributed by atoms with E-state index in [1.807, 2.05) is 42.5 Å². The van der Waals surface area contributed by atoms with E-state index in [1.54, 1.807) is 12.1 Å². The number of nitrogens with zero attached hydrogens (tertiary/aromatic N) is 2. The Morgan fingerprint density at radius 1 is 0.821 bits per heavy atom. The van der Waals surface area contributed by atoms with E-state index in [-0.39, 0.29) is 28.2 Å². The molecule has 3 amide bonds. The number of carbonyl (C=O) groups is 3. The van der Waals surface area contributed by atoms with Crippen LogP contribution in [0, 0.1) is 5.92 Å². The van der Waals surface area contributed by atoms with Gasteiger partial charge in [-0.2, -0.15) is 0 Å². The van der Waals surface area contributed by atoms with Crippen molar-refractivity contribution in [3.05, 3.63) is 64.6 Å². The molecule has 0 aromatic heterocycles. The molecule has 2 fully saturated rings. The summed E-state index contributed by atoms with van der Waals surface area (Å²) >= 11 is 5.81. The molecule has 0 bridgehead atoms. The van der Waals surface area contributed by atoms with Crippen molar-refractivity contribution in [2.75, 3.05) is 4.90 Å². The maximum Gasteiger partial charge on any atom is 0.306 e. The van der Waals surface area contributed by atoms with Crippen molar-refractivity contribution in [3.63, 3.8) is 0 Å². The highest BCUT2D eigenvalue weighted by molar-refractivity contribution is 9.10. The first-order chi connectivity index (χ1) is 13.5. The summed E-state index contributed by atoms with van der Waals surface area (Å²) in [6.07, 6.45) is 0. The lowest BCUT2D eigenvalue weighted by Crippen LogP contribution is -2.41. The van der Waals surface area contributed by atoms with Crippen LogP contribution in [0.1, 0.15) is 11.5 Å². The molecule has 2 saturated heterocycles. The predicted molar refractivity (Wildman–Crippen MR) is 115 cm³/mol. The number of thioether (sulfide) groups is 2. The van der Waals surface area contributed by atoms with Crippen LogP contribution in [-0.2, 0) is 9.59 Å². The van der Waals surface area contributed by atoms with Gasteiger partial charge in [0.15, 0.2) is 0 Å². The molecule has 2 aromatic rings. The van der Waals surface area contributed by atoms with Gasteiger partial charge >= 0.3 is 5.24 Å². The summed E-state index contributed by atoms with van der Waals surface area (Å²) < 4.78 is 0.878. The first-order valence-corrected chi connectivity index (χ1v) is 11.2. The molecule has 8 heteroatoms. The molecule has 0 radical (unpaired) electrons. The third-order valence-corrected chi connectivity index (χ3v) is 8.27. The van der Waals surface area contributed by atoms with Gasteiger partial charge in [0.25, 0.3) is 0 Å². The van der Waals surface area contributed by atoms with Gasteiger partial charge in [0.1, 0.15) is 5.25 Å². The zero-order chi connectivity index (χ0) is 19.4.